The van der Waals surface area contributed by atoms with Crippen molar-refractivity contribution in [2.75, 3.05) is 24.7 Å². The number of sulfonamides is 1. The molecule has 1 saturated heterocycles. The van der Waals surface area contributed by atoms with Crippen molar-refractivity contribution in [2.45, 2.75) is 25.5 Å². The lowest BCUT2D eigenvalue weighted by molar-refractivity contribution is 0.0950. The van der Waals surface area contributed by atoms with E-state index in [4.69, 9.17) is 11.6 Å². The summed E-state index contributed by atoms with van der Waals surface area (Å²) in [6.07, 6.45) is 1.89. The predicted octanol–water partition coefficient (Wildman–Crippen LogP) is 1.94. The number of hydrogen-bond acceptors (Lipinski definition) is 7. The second kappa shape index (κ2) is 7.97. The molecule has 31 heavy (non-hydrogen) atoms. The first-order valence-corrected chi connectivity index (χ1v) is 11.8. The van der Waals surface area contributed by atoms with Gasteiger partial charge in [0.2, 0.25) is 16.0 Å². The maximum absolute atomic E-state index is 14.8. The number of aliphatic hydroxyl groups is 1. The average Bonchev–Trinajstić information content (AvgIpc) is 2.96. The van der Waals surface area contributed by atoms with Crippen molar-refractivity contribution in [1.82, 2.24) is 23.8 Å². The smallest absolute Gasteiger partial charge is 0.223 e. The van der Waals surface area contributed by atoms with Crippen LogP contribution < -0.4 is 5.32 Å². The molecule has 2 N–H and O–H groups in total. The molecule has 2 aromatic heterocycles. The van der Waals surface area contributed by atoms with Gasteiger partial charge in [0, 0.05) is 31.8 Å². The molecule has 0 spiro atoms. The van der Waals surface area contributed by atoms with E-state index in [1.165, 1.54) is 16.6 Å². The van der Waals surface area contributed by atoms with Gasteiger partial charge in [0.15, 0.2) is 0 Å². The van der Waals surface area contributed by atoms with Crippen LogP contribution in [-0.4, -0.2) is 68.8 Å². The molecule has 0 amide bonds. The number of rotatable bonds is 4. The number of anilines is 1. The number of piperidine rings is 1. The SMILES string of the molecule is Cc1nc2cc(F)c(-c3nc(N[C@H]4CCN(S(C)(=O)=O)C[C@@H]4O)ncc3Cl)cc2n1C. The average molecular weight is 469 g/mol. The zero-order chi connectivity index (χ0) is 22.5. The third kappa shape index (κ3) is 4.22. The maximum atomic E-state index is 14.8. The van der Waals surface area contributed by atoms with Gasteiger partial charge in [-0.3, -0.25) is 0 Å². The molecule has 9 nitrogen and oxygen atoms in total. The topological polar surface area (TPSA) is 113 Å². The number of nitrogens with zero attached hydrogens (tertiary/aromatic N) is 5. The summed E-state index contributed by atoms with van der Waals surface area (Å²) in [6, 6.07) is 2.52. The Morgan fingerprint density at radius 3 is 2.74 bits per heavy atom. The van der Waals surface area contributed by atoms with Gasteiger partial charge in [0.1, 0.15) is 11.6 Å². The van der Waals surface area contributed by atoms with Crippen molar-refractivity contribution < 1.29 is 17.9 Å². The quantitative estimate of drug-likeness (QED) is 0.601. The van der Waals surface area contributed by atoms with Crippen LogP contribution in [0.3, 0.4) is 0 Å². The van der Waals surface area contributed by atoms with Crippen LogP contribution in [0.15, 0.2) is 18.3 Å². The van der Waals surface area contributed by atoms with Gasteiger partial charge in [-0.05, 0) is 19.4 Å². The first kappa shape index (κ1) is 21.9. The summed E-state index contributed by atoms with van der Waals surface area (Å²) in [5, 5.41) is 13.6. The molecule has 1 aromatic carbocycles. The minimum atomic E-state index is -3.38. The number of aromatic nitrogens is 4. The van der Waals surface area contributed by atoms with Crippen LogP contribution in [0.2, 0.25) is 5.02 Å². The van der Waals surface area contributed by atoms with Crippen LogP contribution in [0.25, 0.3) is 22.3 Å². The first-order chi connectivity index (χ1) is 14.5. The second-order valence-electron chi connectivity index (χ2n) is 7.66. The number of aliphatic hydroxyl groups excluding tert-OH is 1. The molecule has 2 atom stereocenters. The number of imidazole rings is 1. The molecule has 1 aliphatic heterocycles. The highest BCUT2D eigenvalue weighted by Crippen LogP contribution is 2.32. The van der Waals surface area contributed by atoms with Crippen molar-refractivity contribution >= 4 is 38.6 Å². The Balaban J connectivity index is 1.63. The molecular formula is C19H22ClFN6O3S. The van der Waals surface area contributed by atoms with Crippen LogP contribution in [0, 0.1) is 12.7 Å². The Kier molecular flexibility index (Phi) is 5.63. The van der Waals surface area contributed by atoms with E-state index in [2.05, 4.69) is 20.3 Å². The van der Waals surface area contributed by atoms with Gasteiger partial charge in [-0.15, -0.1) is 0 Å². The molecule has 1 fully saturated rings. The van der Waals surface area contributed by atoms with Crippen LogP contribution in [-0.2, 0) is 17.1 Å². The summed E-state index contributed by atoms with van der Waals surface area (Å²) in [6.45, 7) is 2.07. The number of nitrogens with one attached hydrogen (secondary N) is 1. The van der Waals surface area contributed by atoms with Gasteiger partial charge in [-0.2, -0.15) is 4.31 Å². The van der Waals surface area contributed by atoms with E-state index in [0.29, 0.717) is 11.9 Å². The molecule has 166 valence electrons. The lowest BCUT2D eigenvalue weighted by atomic mass is 10.0. The van der Waals surface area contributed by atoms with E-state index >= 15 is 0 Å². The minimum absolute atomic E-state index is 0.0257. The highest BCUT2D eigenvalue weighted by Gasteiger charge is 2.32. The number of aryl methyl sites for hydroxylation is 2. The number of benzene rings is 1. The molecule has 0 bridgehead atoms. The molecule has 0 aliphatic carbocycles. The third-order valence-electron chi connectivity index (χ3n) is 5.52. The zero-order valence-corrected chi connectivity index (χ0v) is 18.7. The molecule has 1 aliphatic rings. The fourth-order valence-electron chi connectivity index (χ4n) is 3.68. The Hall–Kier alpha value is -2.34. The van der Waals surface area contributed by atoms with Crippen LogP contribution in [0.5, 0.6) is 0 Å². The van der Waals surface area contributed by atoms with Crippen molar-refractivity contribution in [3.8, 4) is 11.3 Å². The predicted molar refractivity (Wildman–Crippen MR) is 116 cm³/mol. The normalized spacial score (nSPS) is 20.3. The third-order valence-corrected chi connectivity index (χ3v) is 7.07. The van der Waals surface area contributed by atoms with Crippen LogP contribution in [0.1, 0.15) is 12.2 Å². The van der Waals surface area contributed by atoms with Crippen molar-refractivity contribution in [3.05, 3.63) is 35.0 Å². The molecular weight excluding hydrogens is 447 g/mol. The highest BCUT2D eigenvalue weighted by atomic mass is 35.5. The lowest BCUT2D eigenvalue weighted by Crippen LogP contribution is -2.51. The van der Waals surface area contributed by atoms with E-state index in [1.807, 2.05) is 18.5 Å². The van der Waals surface area contributed by atoms with Gasteiger partial charge in [-0.1, -0.05) is 11.6 Å². The van der Waals surface area contributed by atoms with Gasteiger partial charge >= 0.3 is 0 Å². The number of hydrogen-bond donors (Lipinski definition) is 2. The standard InChI is InChI=1S/C19H22ClFN6O3S/c1-10-23-15-7-13(21)11(6-16(15)26(10)2)18-12(20)8-22-19(25-18)24-14-4-5-27(9-17(14)28)31(3,29)30/h6-8,14,17,28H,4-5,9H2,1-3H3,(H,22,24,25)/t14-,17-/m0/s1. The van der Waals surface area contributed by atoms with E-state index in [9.17, 15) is 17.9 Å². The van der Waals surface area contributed by atoms with Gasteiger partial charge in [-0.25, -0.2) is 27.8 Å². The molecule has 3 aromatic rings. The van der Waals surface area contributed by atoms with E-state index in [-0.39, 0.29) is 35.3 Å². The Bertz CT molecular complexity index is 1270. The van der Waals surface area contributed by atoms with E-state index in [0.717, 1.165) is 17.6 Å². The van der Waals surface area contributed by atoms with Crippen LogP contribution >= 0.6 is 11.6 Å². The van der Waals surface area contributed by atoms with Crippen LogP contribution in [0.4, 0.5) is 10.3 Å². The zero-order valence-electron chi connectivity index (χ0n) is 17.2. The monoisotopic (exact) mass is 468 g/mol. The summed E-state index contributed by atoms with van der Waals surface area (Å²) < 4.78 is 41.3. The summed E-state index contributed by atoms with van der Waals surface area (Å²) in [5.74, 6) is 0.396. The summed E-state index contributed by atoms with van der Waals surface area (Å²) >= 11 is 6.28. The second-order valence-corrected chi connectivity index (χ2v) is 10.0. The fraction of sp³-hybridized carbons (Fsp3) is 0.421. The van der Waals surface area contributed by atoms with Crippen molar-refractivity contribution in [3.63, 3.8) is 0 Å². The first-order valence-electron chi connectivity index (χ1n) is 9.60. The van der Waals surface area contributed by atoms with Gasteiger partial charge < -0.3 is 15.0 Å². The Labute approximate surface area is 183 Å². The van der Waals surface area contributed by atoms with Gasteiger partial charge in [0.05, 0.1) is 46.3 Å². The molecule has 0 saturated carbocycles. The lowest BCUT2D eigenvalue weighted by Gasteiger charge is -2.34. The molecule has 4 rings (SSSR count). The Morgan fingerprint density at radius 1 is 1.32 bits per heavy atom. The van der Waals surface area contributed by atoms with E-state index < -0.39 is 28.0 Å². The molecule has 0 unspecified atom stereocenters. The summed E-state index contributed by atoms with van der Waals surface area (Å²) in [5.41, 5.74) is 1.69. The highest BCUT2D eigenvalue weighted by molar-refractivity contribution is 7.88. The number of halogens is 2. The largest absolute Gasteiger partial charge is 0.390 e. The number of β-amino-alcohol motifs (C(OH)–C–C–N with tert-alkyl or cyclic N) is 1. The summed E-state index contributed by atoms with van der Waals surface area (Å²) in [4.78, 5) is 12.8. The minimum Gasteiger partial charge on any atom is -0.390 e. The van der Waals surface area contributed by atoms with E-state index in [1.54, 1.807) is 6.07 Å². The molecule has 0 radical (unpaired) electrons. The Morgan fingerprint density at radius 2 is 2.06 bits per heavy atom. The maximum Gasteiger partial charge on any atom is 0.223 e. The van der Waals surface area contributed by atoms with Crippen molar-refractivity contribution in [2.24, 2.45) is 7.05 Å². The summed E-state index contributed by atoms with van der Waals surface area (Å²) in [7, 11) is -1.54. The number of fused-ring (bicyclic) bond motifs is 1. The fourth-order valence-corrected chi connectivity index (χ4v) is 4.73. The van der Waals surface area contributed by atoms with Crippen molar-refractivity contribution in [1.29, 1.82) is 0 Å². The molecule has 3 heterocycles. The molecule has 12 heteroatoms. The van der Waals surface area contributed by atoms with Gasteiger partial charge in [0.25, 0.3) is 0 Å².